The van der Waals surface area contributed by atoms with Crippen LogP contribution in [0.1, 0.15) is 17.9 Å². The van der Waals surface area contributed by atoms with Gasteiger partial charge in [0.25, 0.3) is 0 Å². The van der Waals surface area contributed by atoms with E-state index in [1.165, 1.54) is 0 Å². The van der Waals surface area contributed by atoms with E-state index >= 15 is 0 Å². The molecule has 3 rings (SSSR count). The first-order valence-corrected chi connectivity index (χ1v) is 6.51. The summed E-state index contributed by atoms with van der Waals surface area (Å²) in [5.74, 6) is 1.75. The van der Waals surface area contributed by atoms with Crippen molar-refractivity contribution < 1.29 is 9.26 Å². The lowest BCUT2D eigenvalue weighted by molar-refractivity contribution is 0.197. The van der Waals surface area contributed by atoms with Crippen molar-refractivity contribution in [2.45, 2.75) is 26.0 Å². The number of nitrogens with zero attached hydrogens (tertiary/aromatic N) is 3. The van der Waals surface area contributed by atoms with Crippen LogP contribution in [0.3, 0.4) is 0 Å². The van der Waals surface area contributed by atoms with Crippen LogP contribution in [0.2, 0.25) is 0 Å². The molecule has 0 bridgehead atoms. The molecule has 0 aromatic carbocycles. The molecule has 1 aliphatic heterocycles. The van der Waals surface area contributed by atoms with E-state index in [0.717, 1.165) is 43.3 Å². The molecule has 0 aliphatic carbocycles. The highest BCUT2D eigenvalue weighted by Gasteiger charge is 2.24. The molecule has 0 amide bonds. The van der Waals surface area contributed by atoms with Gasteiger partial charge in [-0.2, -0.15) is 0 Å². The monoisotopic (exact) mass is 259 g/mol. The standard InChI is InChI=1S/C14H17N3O2/c1-11-8-12(16-19-11)9-17-7-4-14(10-17)18-13-2-5-15-6-3-13/h2-3,5-6,8,14H,4,7,9-10H2,1H3/t14-/m0/s1. The van der Waals surface area contributed by atoms with Crippen molar-refractivity contribution in [3.05, 3.63) is 42.0 Å². The first kappa shape index (κ1) is 12.2. The summed E-state index contributed by atoms with van der Waals surface area (Å²) in [6, 6.07) is 5.77. The quantitative estimate of drug-likeness (QED) is 0.841. The van der Waals surface area contributed by atoms with E-state index in [1.807, 2.05) is 25.1 Å². The summed E-state index contributed by atoms with van der Waals surface area (Å²) in [7, 11) is 0. The third-order valence-corrected chi connectivity index (χ3v) is 3.24. The average Bonchev–Trinajstić information content (AvgIpc) is 3.01. The highest BCUT2D eigenvalue weighted by atomic mass is 16.5. The van der Waals surface area contributed by atoms with Crippen LogP contribution in [0.4, 0.5) is 0 Å². The number of ether oxygens (including phenoxy) is 1. The zero-order chi connectivity index (χ0) is 13.1. The largest absolute Gasteiger partial charge is 0.489 e. The second kappa shape index (κ2) is 5.40. The van der Waals surface area contributed by atoms with E-state index in [9.17, 15) is 0 Å². The van der Waals surface area contributed by atoms with Crippen molar-refractivity contribution in [2.75, 3.05) is 13.1 Å². The highest BCUT2D eigenvalue weighted by molar-refractivity contribution is 5.17. The van der Waals surface area contributed by atoms with E-state index in [2.05, 4.69) is 15.0 Å². The summed E-state index contributed by atoms with van der Waals surface area (Å²) in [4.78, 5) is 6.32. The lowest BCUT2D eigenvalue weighted by Crippen LogP contribution is -2.24. The van der Waals surface area contributed by atoms with Gasteiger partial charge in [0.1, 0.15) is 17.6 Å². The Morgan fingerprint density at radius 1 is 1.42 bits per heavy atom. The lowest BCUT2D eigenvalue weighted by atomic mass is 10.3. The average molecular weight is 259 g/mol. The molecule has 1 aliphatic rings. The Bertz CT molecular complexity index is 526. The zero-order valence-corrected chi connectivity index (χ0v) is 11.0. The fourth-order valence-electron chi connectivity index (χ4n) is 2.37. The summed E-state index contributed by atoms with van der Waals surface area (Å²) >= 11 is 0. The van der Waals surface area contributed by atoms with Gasteiger partial charge in [-0.25, -0.2) is 0 Å². The Hall–Kier alpha value is -1.88. The molecule has 3 heterocycles. The number of aryl methyl sites for hydroxylation is 1. The smallest absolute Gasteiger partial charge is 0.133 e. The minimum Gasteiger partial charge on any atom is -0.489 e. The van der Waals surface area contributed by atoms with Gasteiger partial charge < -0.3 is 9.26 Å². The van der Waals surface area contributed by atoms with Gasteiger partial charge in [0.05, 0.1) is 5.69 Å². The molecule has 100 valence electrons. The van der Waals surface area contributed by atoms with Crippen molar-refractivity contribution >= 4 is 0 Å². The number of hydrogen-bond donors (Lipinski definition) is 0. The molecule has 19 heavy (non-hydrogen) atoms. The summed E-state index contributed by atoms with van der Waals surface area (Å²) in [5.41, 5.74) is 0.988. The van der Waals surface area contributed by atoms with Crippen LogP contribution in [0.25, 0.3) is 0 Å². The van der Waals surface area contributed by atoms with E-state index in [4.69, 9.17) is 9.26 Å². The first-order chi connectivity index (χ1) is 9.29. The van der Waals surface area contributed by atoms with E-state index in [-0.39, 0.29) is 6.10 Å². The molecule has 0 N–H and O–H groups in total. The second-order valence-corrected chi connectivity index (χ2v) is 4.88. The van der Waals surface area contributed by atoms with E-state index in [1.54, 1.807) is 12.4 Å². The van der Waals surface area contributed by atoms with E-state index in [0.29, 0.717) is 0 Å². The third-order valence-electron chi connectivity index (χ3n) is 3.24. The summed E-state index contributed by atoms with van der Waals surface area (Å²) in [6.45, 7) is 4.69. The van der Waals surface area contributed by atoms with Gasteiger partial charge in [-0.15, -0.1) is 0 Å². The molecule has 1 fully saturated rings. The number of hydrogen-bond acceptors (Lipinski definition) is 5. The van der Waals surface area contributed by atoms with Crippen LogP contribution in [0, 0.1) is 6.92 Å². The fourth-order valence-corrected chi connectivity index (χ4v) is 2.37. The molecule has 1 atom stereocenters. The Kier molecular flexibility index (Phi) is 3.46. The molecular formula is C14H17N3O2. The molecule has 5 heteroatoms. The fraction of sp³-hybridized carbons (Fsp3) is 0.429. The van der Waals surface area contributed by atoms with Gasteiger partial charge in [-0.05, 0) is 25.5 Å². The van der Waals surface area contributed by atoms with Crippen molar-refractivity contribution in [2.24, 2.45) is 0 Å². The second-order valence-electron chi connectivity index (χ2n) is 4.88. The molecule has 2 aromatic heterocycles. The Balaban J connectivity index is 1.53. The number of pyridine rings is 1. The van der Waals surface area contributed by atoms with Crippen LogP contribution < -0.4 is 4.74 Å². The SMILES string of the molecule is Cc1cc(CN2CC[C@H](Oc3ccncc3)C2)no1. The number of rotatable bonds is 4. The minimum absolute atomic E-state index is 0.246. The molecule has 5 nitrogen and oxygen atoms in total. The van der Waals surface area contributed by atoms with Gasteiger partial charge >= 0.3 is 0 Å². The molecule has 0 spiro atoms. The Morgan fingerprint density at radius 3 is 3.00 bits per heavy atom. The molecule has 2 aromatic rings. The predicted octanol–water partition coefficient (Wildman–Crippen LogP) is 2.03. The van der Waals surface area contributed by atoms with Gasteiger partial charge in [-0.1, -0.05) is 5.16 Å². The maximum atomic E-state index is 5.92. The zero-order valence-electron chi connectivity index (χ0n) is 11.0. The summed E-state index contributed by atoms with van der Waals surface area (Å²) in [5, 5.41) is 4.02. The molecular weight excluding hydrogens is 242 g/mol. The van der Waals surface area contributed by atoms with Gasteiger partial charge in [0.2, 0.25) is 0 Å². The highest BCUT2D eigenvalue weighted by Crippen LogP contribution is 2.19. The molecule has 1 saturated heterocycles. The first-order valence-electron chi connectivity index (χ1n) is 6.51. The Morgan fingerprint density at radius 2 is 2.26 bits per heavy atom. The minimum atomic E-state index is 0.246. The van der Waals surface area contributed by atoms with Crippen LogP contribution in [-0.4, -0.2) is 34.2 Å². The van der Waals surface area contributed by atoms with Crippen molar-refractivity contribution in [3.8, 4) is 5.75 Å². The van der Waals surface area contributed by atoms with Crippen molar-refractivity contribution in [1.82, 2.24) is 15.0 Å². The maximum absolute atomic E-state index is 5.92. The molecule has 0 saturated carbocycles. The van der Waals surface area contributed by atoms with Crippen LogP contribution >= 0.6 is 0 Å². The van der Waals surface area contributed by atoms with Crippen LogP contribution in [0.5, 0.6) is 5.75 Å². The van der Waals surface area contributed by atoms with Crippen LogP contribution in [0.15, 0.2) is 35.1 Å². The van der Waals surface area contributed by atoms with Gasteiger partial charge in [0, 0.05) is 38.1 Å². The normalized spacial score (nSPS) is 19.7. The third kappa shape index (κ3) is 3.12. The van der Waals surface area contributed by atoms with Crippen molar-refractivity contribution in [3.63, 3.8) is 0 Å². The number of likely N-dealkylation sites (tertiary alicyclic amines) is 1. The van der Waals surface area contributed by atoms with Gasteiger partial charge in [0.15, 0.2) is 0 Å². The molecule has 0 radical (unpaired) electrons. The summed E-state index contributed by atoms with van der Waals surface area (Å²) in [6.07, 6.45) is 4.79. The Labute approximate surface area is 112 Å². The van der Waals surface area contributed by atoms with E-state index < -0.39 is 0 Å². The maximum Gasteiger partial charge on any atom is 0.133 e. The van der Waals surface area contributed by atoms with Crippen molar-refractivity contribution in [1.29, 1.82) is 0 Å². The lowest BCUT2D eigenvalue weighted by Gasteiger charge is -2.15. The topological polar surface area (TPSA) is 51.4 Å². The van der Waals surface area contributed by atoms with Gasteiger partial charge in [-0.3, -0.25) is 9.88 Å². The summed E-state index contributed by atoms with van der Waals surface area (Å²) < 4.78 is 11.0. The number of aromatic nitrogens is 2. The van der Waals surface area contributed by atoms with Crippen LogP contribution in [-0.2, 0) is 6.54 Å². The molecule has 0 unspecified atom stereocenters. The predicted molar refractivity (Wildman–Crippen MR) is 69.8 cm³/mol.